The van der Waals surface area contributed by atoms with E-state index in [4.69, 9.17) is 4.74 Å². The van der Waals surface area contributed by atoms with Crippen molar-refractivity contribution in [1.29, 1.82) is 0 Å². The Hall–Kier alpha value is -3.01. The molecule has 3 aliphatic rings. The second-order valence-corrected chi connectivity index (χ2v) is 11.8. The summed E-state index contributed by atoms with van der Waals surface area (Å²) >= 11 is 0. The monoisotopic (exact) mass is 534 g/mol. The van der Waals surface area contributed by atoms with Gasteiger partial charge in [-0.2, -0.15) is 5.10 Å². The Balaban J connectivity index is 1.10. The Morgan fingerprint density at radius 3 is 2.90 bits per heavy atom. The van der Waals surface area contributed by atoms with Crippen molar-refractivity contribution in [3.8, 4) is 5.75 Å². The van der Waals surface area contributed by atoms with Gasteiger partial charge in [-0.1, -0.05) is 19.1 Å². The Bertz CT molecular complexity index is 1340. The number of nitrogens with one attached hydrogen (secondary N) is 3. The molecule has 3 N–H and O–H groups in total. The molecule has 3 heterocycles. The molecular weight excluding hydrogens is 495 g/mol. The van der Waals surface area contributed by atoms with Gasteiger partial charge < -0.3 is 10.1 Å². The van der Waals surface area contributed by atoms with Crippen LogP contribution < -0.4 is 20.9 Å². The summed E-state index contributed by atoms with van der Waals surface area (Å²) in [6, 6.07) is 12.0. The quantitative estimate of drug-likeness (QED) is 0.448. The van der Waals surface area contributed by atoms with Crippen LogP contribution in [0.5, 0.6) is 5.75 Å². The van der Waals surface area contributed by atoms with Crippen molar-refractivity contribution in [2.24, 2.45) is 24.8 Å². The zero-order chi connectivity index (χ0) is 27.1. The fourth-order valence-corrected chi connectivity index (χ4v) is 7.11. The van der Waals surface area contributed by atoms with Gasteiger partial charge >= 0.3 is 0 Å². The van der Waals surface area contributed by atoms with Crippen molar-refractivity contribution in [2.75, 3.05) is 20.2 Å². The number of ether oxygens (including phenoxy) is 1. The molecule has 2 saturated heterocycles. The first-order valence-electron chi connectivity index (χ1n) is 14.2. The SMILES string of the molecule is COc1cccc(F)c1CN1C[C@H](C)C[C@@H](NC(=O)C2CCC3NNC(c4ccc5nn(C)cc5c4)C3C2)C1. The highest BCUT2D eigenvalue weighted by molar-refractivity contribution is 5.80. The van der Waals surface area contributed by atoms with Crippen LogP contribution in [-0.2, 0) is 18.4 Å². The van der Waals surface area contributed by atoms with Gasteiger partial charge in [0.2, 0.25) is 5.91 Å². The maximum absolute atomic E-state index is 14.6. The third kappa shape index (κ3) is 5.40. The molecule has 2 aliphatic heterocycles. The Morgan fingerprint density at radius 2 is 2.05 bits per heavy atom. The molecular formula is C30H39FN6O2. The summed E-state index contributed by atoms with van der Waals surface area (Å²) < 4.78 is 21.8. The van der Waals surface area contributed by atoms with Gasteiger partial charge in [0.15, 0.2) is 0 Å². The molecule has 3 aromatic rings. The first-order chi connectivity index (χ1) is 18.9. The summed E-state index contributed by atoms with van der Waals surface area (Å²) in [6.07, 6.45) is 5.69. The summed E-state index contributed by atoms with van der Waals surface area (Å²) in [5, 5.41) is 9.01. The molecule has 8 nitrogen and oxygen atoms in total. The van der Waals surface area contributed by atoms with E-state index >= 15 is 0 Å². The second kappa shape index (κ2) is 10.9. The molecule has 39 heavy (non-hydrogen) atoms. The predicted molar refractivity (Wildman–Crippen MR) is 148 cm³/mol. The Kier molecular flexibility index (Phi) is 7.31. The van der Waals surface area contributed by atoms with E-state index in [0.29, 0.717) is 42.3 Å². The number of hydrogen-bond acceptors (Lipinski definition) is 6. The van der Waals surface area contributed by atoms with Gasteiger partial charge in [-0.05, 0) is 67.3 Å². The number of hydrogen-bond donors (Lipinski definition) is 3. The van der Waals surface area contributed by atoms with E-state index in [0.717, 1.165) is 43.1 Å². The zero-order valence-corrected chi connectivity index (χ0v) is 23.0. The molecule has 3 fully saturated rings. The van der Waals surface area contributed by atoms with E-state index in [9.17, 15) is 9.18 Å². The van der Waals surface area contributed by atoms with E-state index < -0.39 is 0 Å². The molecule has 1 saturated carbocycles. The van der Waals surface area contributed by atoms with Gasteiger partial charge in [0, 0.05) is 61.8 Å². The van der Waals surface area contributed by atoms with Crippen LogP contribution in [0.2, 0.25) is 0 Å². The normalized spacial score (nSPS) is 29.3. The Labute approximate surface area is 229 Å². The summed E-state index contributed by atoms with van der Waals surface area (Å²) in [6.45, 7) is 4.26. The third-order valence-corrected chi connectivity index (χ3v) is 8.88. The predicted octanol–water partition coefficient (Wildman–Crippen LogP) is 3.68. The molecule has 1 aliphatic carbocycles. The van der Waals surface area contributed by atoms with E-state index in [2.05, 4.69) is 51.3 Å². The molecule has 6 rings (SSSR count). The number of aromatic nitrogens is 2. The number of carbonyl (C=O) groups excluding carboxylic acids is 1. The van der Waals surface area contributed by atoms with Gasteiger partial charge in [0.05, 0.1) is 18.7 Å². The number of piperidine rings is 1. The fourth-order valence-electron chi connectivity index (χ4n) is 7.11. The van der Waals surface area contributed by atoms with Crippen LogP contribution in [-0.4, -0.2) is 52.9 Å². The van der Waals surface area contributed by atoms with E-state index in [1.165, 1.54) is 11.6 Å². The first-order valence-corrected chi connectivity index (χ1v) is 14.2. The van der Waals surface area contributed by atoms with Crippen molar-refractivity contribution < 1.29 is 13.9 Å². The number of fused-ring (bicyclic) bond motifs is 2. The van der Waals surface area contributed by atoms with Gasteiger partial charge in [0.25, 0.3) is 0 Å². The molecule has 0 radical (unpaired) electrons. The van der Waals surface area contributed by atoms with E-state index in [-0.39, 0.29) is 29.7 Å². The molecule has 0 bridgehead atoms. The summed E-state index contributed by atoms with van der Waals surface area (Å²) in [5.74, 6) is 1.23. The molecule has 9 heteroatoms. The number of hydrazine groups is 1. The molecule has 208 valence electrons. The van der Waals surface area contributed by atoms with Gasteiger partial charge in [-0.25, -0.2) is 9.82 Å². The van der Waals surface area contributed by atoms with Crippen LogP contribution in [0.25, 0.3) is 10.9 Å². The van der Waals surface area contributed by atoms with Gasteiger partial charge in [-0.3, -0.25) is 19.8 Å². The first kappa shape index (κ1) is 26.2. The van der Waals surface area contributed by atoms with Gasteiger partial charge in [-0.15, -0.1) is 0 Å². The highest BCUT2D eigenvalue weighted by Gasteiger charge is 2.43. The lowest BCUT2D eigenvalue weighted by Gasteiger charge is -2.38. The standard InChI is InChI=1S/C30H39FN6O2/c1-18-11-22(16-37(14-18)17-24-25(31)5-4-6-28(24)39-3)32-30(38)20-8-10-27-23(13-20)29(34-33-27)19-7-9-26-21(12-19)15-36(2)35-26/h4-7,9,12,15,18,20,22-23,27,29,33-34H,8,10-11,13-14,16-17H2,1-3H3,(H,32,38)/t18-,20?,22-,23?,27?,29?/m1/s1. The number of benzene rings is 2. The Morgan fingerprint density at radius 1 is 1.18 bits per heavy atom. The molecule has 0 spiro atoms. The minimum atomic E-state index is -0.249. The van der Waals surface area contributed by atoms with Crippen LogP contribution >= 0.6 is 0 Å². The molecule has 2 aromatic carbocycles. The lowest BCUT2D eigenvalue weighted by atomic mass is 9.74. The minimum absolute atomic E-state index is 0.00471. The highest BCUT2D eigenvalue weighted by atomic mass is 19.1. The number of amides is 1. The lowest BCUT2D eigenvalue weighted by Crippen LogP contribution is -2.52. The molecule has 1 aromatic heterocycles. The van der Waals surface area contributed by atoms with E-state index in [1.807, 2.05) is 17.9 Å². The van der Waals surface area contributed by atoms with Crippen molar-refractivity contribution in [1.82, 2.24) is 30.8 Å². The topological polar surface area (TPSA) is 83.4 Å². The average molecular weight is 535 g/mol. The van der Waals surface area contributed by atoms with Crippen LogP contribution in [0.4, 0.5) is 4.39 Å². The number of methoxy groups -OCH3 is 1. The summed E-state index contributed by atoms with van der Waals surface area (Å²) in [4.78, 5) is 15.8. The number of carbonyl (C=O) groups is 1. The maximum atomic E-state index is 14.6. The molecule has 1 amide bonds. The van der Waals surface area contributed by atoms with Crippen molar-refractivity contribution >= 4 is 16.8 Å². The van der Waals surface area contributed by atoms with Crippen LogP contribution in [0.3, 0.4) is 0 Å². The smallest absolute Gasteiger partial charge is 0.223 e. The van der Waals surface area contributed by atoms with Crippen LogP contribution in [0, 0.1) is 23.6 Å². The number of nitrogens with zero attached hydrogens (tertiary/aromatic N) is 3. The lowest BCUT2D eigenvalue weighted by molar-refractivity contribution is -0.127. The summed E-state index contributed by atoms with van der Waals surface area (Å²) in [7, 11) is 3.52. The zero-order valence-electron chi connectivity index (χ0n) is 23.0. The largest absolute Gasteiger partial charge is 0.496 e. The minimum Gasteiger partial charge on any atom is -0.496 e. The second-order valence-electron chi connectivity index (χ2n) is 11.8. The number of rotatable bonds is 6. The number of halogens is 1. The maximum Gasteiger partial charge on any atom is 0.223 e. The fraction of sp³-hybridized carbons (Fsp3) is 0.533. The summed E-state index contributed by atoms with van der Waals surface area (Å²) in [5.41, 5.74) is 9.82. The van der Waals surface area contributed by atoms with E-state index in [1.54, 1.807) is 19.2 Å². The van der Waals surface area contributed by atoms with Crippen molar-refractivity contribution in [3.05, 3.63) is 59.5 Å². The number of likely N-dealkylation sites (tertiary alicyclic amines) is 1. The van der Waals surface area contributed by atoms with Crippen molar-refractivity contribution in [2.45, 2.75) is 57.3 Å². The third-order valence-electron chi connectivity index (χ3n) is 8.88. The molecule has 6 atom stereocenters. The van der Waals surface area contributed by atoms with Gasteiger partial charge in [0.1, 0.15) is 11.6 Å². The number of aryl methyl sites for hydroxylation is 1. The van der Waals surface area contributed by atoms with Crippen molar-refractivity contribution in [3.63, 3.8) is 0 Å². The van der Waals surface area contributed by atoms with Crippen LogP contribution in [0.1, 0.15) is 49.8 Å². The van der Waals surface area contributed by atoms with Crippen LogP contribution in [0.15, 0.2) is 42.6 Å². The highest BCUT2D eigenvalue weighted by Crippen LogP contribution is 2.41. The average Bonchev–Trinajstić information content (AvgIpc) is 3.51. The molecule has 4 unspecified atom stereocenters.